The fourth-order valence-electron chi connectivity index (χ4n) is 4.09. The van der Waals surface area contributed by atoms with E-state index in [9.17, 15) is 9.59 Å². The Morgan fingerprint density at radius 1 is 1.23 bits per heavy atom. The number of benzene rings is 2. The van der Waals surface area contributed by atoms with Gasteiger partial charge >= 0.3 is 0 Å². The van der Waals surface area contributed by atoms with Crippen LogP contribution >= 0.6 is 23.4 Å². The Morgan fingerprint density at radius 3 is 2.89 bits per heavy atom. The fourth-order valence-corrected chi connectivity index (χ4v) is 5.08. The first-order valence-corrected chi connectivity index (χ1v) is 12.6. The van der Waals surface area contributed by atoms with E-state index in [0.717, 1.165) is 42.4 Å². The predicted octanol–water partition coefficient (Wildman–Crippen LogP) is 4.60. The molecule has 2 saturated heterocycles. The van der Waals surface area contributed by atoms with Gasteiger partial charge in [-0.1, -0.05) is 23.7 Å². The number of amides is 2. The number of thioether (sulfide) groups is 1. The highest BCUT2D eigenvalue weighted by Crippen LogP contribution is 2.32. The summed E-state index contributed by atoms with van der Waals surface area (Å²) in [5.41, 5.74) is 2.72. The number of carbonyl (C=O) groups excluding carboxylic acids is 2. The molecule has 2 aliphatic heterocycles. The van der Waals surface area contributed by atoms with Crippen molar-refractivity contribution in [2.45, 2.75) is 18.9 Å². The molecule has 2 amide bonds. The molecule has 2 fully saturated rings. The molecule has 2 N–H and O–H groups in total. The van der Waals surface area contributed by atoms with Gasteiger partial charge in [-0.05, 0) is 92.8 Å². The van der Waals surface area contributed by atoms with Gasteiger partial charge in [0.1, 0.15) is 0 Å². The Balaban J connectivity index is 1.32. The average molecular weight is 506 g/mol. The molecule has 0 unspecified atom stereocenters. The Bertz CT molecular complexity index is 1360. The summed E-state index contributed by atoms with van der Waals surface area (Å²) in [4.78, 5) is 37.0. The molecule has 3 aromatic rings. The number of hydrogen-bond donors (Lipinski definition) is 2. The largest absolute Gasteiger partial charge is 0.349 e. The van der Waals surface area contributed by atoms with Crippen molar-refractivity contribution in [3.8, 4) is 0 Å². The van der Waals surface area contributed by atoms with Crippen LogP contribution in [0, 0.1) is 0 Å². The number of carbonyl (C=O) groups is 2. The van der Waals surface area contributed by atoms with Gasteiger partial charge in [0.25, 0.3) is 11.8 Å². The molecule has 0 saturated carbocycles. The zero-order chi connectivity index (χ0) is 24.4. The quantitative estimate of drug-likeness (QED) is 0.506. The Morgan fingerprint density at radius 2 is 2.06 bits per heavy atom. The summed E-state index contributed by atoms with van der Waals surface area (Å²) in [6.07, 6.45) is 5.43. The molecule has 0 spiro atoms. The van der Waals surface area contributed by atoms with Crippen LogP contribution in [0.4, 0.5) is 5.69 Å². The zero-order valence-electron chi connectivity index (χ0n) is 19.1. The first-order chi connectivity index (χ1) is 16.9. The van der Waals surface area contributed by atoms with Crippen molar-refractivity contribution in [1.29, 1.82) is 0 Å². The second-order valence-corrected chi connectivity index (χ2v) is 10.1. The number of pyridine rings is 1. The van der Waals surface area contributed by atoms with Gasteiger partial charge in [0.2, 0.25) is 0 Å². The van der Waals surface area contributed by atoms with Crippen LogP contribution in [0.5, 0.6) is 0 Å². The van der Waals surface area contributed by atoms with E-state index >= 15 is 0 Å². The highest BCUT2D eigenvalue weighted by Gasteiger charge is 2.25. The van der Waals surface area contributed by atoms with E-state index in [0.29, 0.717) is 26.3 Å². The summed E-state index contributed by atoms with van der Waals surface area (Å²) in [7, 11) is 2.09. The van der Waals surface area contributed by atoms with Crippen molar-refractivity contribution in [1.82, 2.24) is 20.5 Å². The van der Waals surface area contributed by atoms with E-state index in [4.69, 9.17) is 11.6 Å². The molecule has 9 heteroatoms. The number of amidine groups is 1. The number of rotatable bonds is 4. The molecule has 5 rings (SSSR count). The van der Waals surface area contributed by atoms with Crippen LogP contribution in [0.1, 0.15) is 28.8 Å². The molecule has 35 heavy (non-hydrogen) atoms. The molecule has 0 bridgehead atoms. The number of halogens is 1. The number of fused-ring (bicyclic) bond motifs is 1. The monoisotopic (exact) mass is 505 g/mol. The Kier molecular flexibility index (Phi) is 6.86. The van der Waals surface area contributed by atoms with Crippen LogP contribution in [0.15, 0.2) is 64.6 Å². The fraction of sp³-hybridized carbons (Fsp3) is 0.231. The summed E-state index contributed by atoms with van der Waals surface area (Å²) in [6.45, 7) is 1.93. The lowest BCUT2D eigenvalue weighted by Gasteiger charge is -2.29. The molecule has 0 aliphatic carbocycles. The van der Waals surface area contributed by atoms with Crippen molar-refractivity contribution < 1.29 is 9.59 Å². The first-order valence-electron chi connectivity index (χ1n) is 11.4. The lowest BCUT2D eigenvalue weighted by Crippen LogP contribution is -2.43. The van der Waals surface area contributed by atoms with Gasteiger partial charge in [-0.15, -0.1) is 0 Å². The molecular formula is C26H24ClN5O2S. The number of aliphatic imine (C=N–C) groups is 1. The first kappa shape index (κ1) is 23.5. The Labute approximate surface area is 212 Å². The molecule has 1 aromatic heterocycles. The minimum absolute atomic E-state index is 0.146. The van der Waals surface area contributed by atoms with Crippen molar-refractivity contribution in [2.75, 3.05) is 20.1 Å². The van der Waals surface area contributed by atoms with Crippen LogP contribution < -0.4 is 10.6 Å². The van der Waals surface area contributed by atoms with Crippen molar-refractivity contribution in [2.24, 2.45) is 4.99 Å². The summed E-state index contributed by atoms with van der Waals surface area (Å²) >= 11 is 7.59. The van der Waals surface area contributed by atoms with Crippen molar-refractivity contribution >= 4 is 63.0 Å². The standard InChI is InChI=1S/C26H24ClN5O2S/c1-32-11-8-19(9-12-32)29-24(33)18-5-6-20(27)22(15-18)30-26-31-25(34)23(35-26)14-16-4-7-21-17(13-16)3-2-10-28-21/h2-7,10,13-15,19H,8-9,11-12H2,1H3,(H,29,33)(H,30,31,34)/b23-14-. The predicted molar refractivity (Wildman–Crippen MR) is 142 cm³/mol. The number of nitrogens with one attached hydrogen (secondary N) is 2. The lowest BCUT2D eigenvalue weighted by atomic mass is 10.0. The van der Waals surface area contributed by atoms with Crippen LogP contribution in [-0.2, 0) is 4.79 Å². The van der Waals surface area contributed by atoms with Crippen LogP contribution in [-0.4, -0.2) is 53.0 Å². The molecule has 0 radical (unpaired) electrons. The van der Waals surface area contributed by atoms with E-state index in [1.807, 2.05) is 36.4 Å². The molecular weight excluding hydrogens is 482 g/mol. The molecule has 2 aromatic carbocycles. The zero-order valence-corrected chi connectivity index (χ0v) is 20.7. The second kappa shape index (κ2) is 10.2. The lowest BCUT2D eigenvalue weighted by molar-refractivity contribution is -0.115. The maximum Gasteiger partial charge on any atom is 0.264 e. The van der Waals surface area contributed by atoms with Gasteiger partial charge in [-0.2, -0.15) is 0 Å². The summed E-state index contributed by atoms with van der Waals surface area (Å²) in [6, 6.07) is 14.9. The maximum absolute atomic E-state index is 12.8. The van der Waals surface area contributed by atoms with Gasteiger partial charge in [-0.25, -0.2) is 4.99 Å². The van der Waals surface area contributed by atoms with Gasteiger partial charge in [0.15, 0.2) is 5.17 Å². The van der Waals surface area contributed by atoms with E-state index < -0.39 is 0 Å². The van der Waals surface area contributed by atoms with Gasteiger partial charge in [0, 0.05) is 23.2 Å². The highest BCUT2D eigenvalue weighted by atomic mass is 35.5. The second-order valence-electron chi connectivity index (χ2n) is 8.65. The number of nitrogens with zero attached hydrogens (tertiary/aromatic N) is 3. The summed E-state index contributed by atoms with van der Waals surface area (Å²) in [5, 5.41) is 7.71. The van der Waals surface area contributed by atoms with Crippen molar-refractivity contribution in [3.05, 3.63) is 75.8 Å². The topological polar surface area (TPSA) is 86.7 Å². The molecule has 7 nitrogen and oxygen atoms in total. The van der Waals surface area contributed by atoms with Crippen LogP contribution in [0.2, 0.25) is 5.02 Å². The smallest absolute Gasteiger partial charge is 0.264 e. The summed E-state index contributed by atoms with van der Waals surface area (Å²) in [5.74, 6) is -0.375. The summed E-state index contributed by atoms with van der Waals surface area (Å²) < 4.78 is 0. The van der Waals surface area contributed by atoms with Gasteiger partial charge < -0.3 is 15.5 Å². The average Bonchev–Trinajstić information content (AvgIpc) is 3.20. The van der Waals surface area contributed by atoms with Crippen molar-refractivity contribution in [3.63, 3.8) is 0 Å². The molecule has 178 valence electrons. The number of likely N-dealkylation sites (tertiary alicyclic amines) is 1. The third-order valence-corrected chi connectivity index (χ3v) is 7.29. The molecule has 0 atom stereocenters. The number of aromatic nitrogens is 1. The van der Waals surface area contributed by atoms with Gasteiger partial charge in [0.05, 0.1) is 21.1 Å². The minimum atomic E-state index is -0.229. The third kappa shape index (κ3) is 5.56. The van der Waals surface area contributed by atoms with E-state index in [1.54, 1.807) is 24.4 Å². The van der Waals surface area contributed by atoms with E-state index in [2.05, 4.69) is 32.6 Å². The third-order valence-electron chi connectivity index (χ3n) is 6.06. The molecule has 3 heterocycles. The number of piperidine rings is 1. The van der Waals surface area contributed by atoms with Crippen LogP contribution in [0.3, 0.4) is 0 Å². The SMILES string of the molecule is CN1CCC(NC(=O)c2ccc(Cl)c(N=C3NC(=O)/C(=C/c4ccc5ncccc5c4)S3)c2)CC1. The maximum atomic E-state index is 12.8. The number of hydrogen-bond acceptors (Lipinski definition) is 6. The van der Waals surface area contributed by atoms with E-state index in [-0.39, 0.29) is 17.9 Å². The normalized spacial score (nSPS) is 19.4. The minimum Gasteiger partial charge on any atom is -0.349 e. The van der Waals surface area contributed by atoms with Gasteiger partial charge in [-0.3, -0.25) is 14.6 Å². The molecule has 2 aliphatic rings. The van der Waals surface area contributed by atoms with E-state index in [1.165, 1.54) is 11.8 Å². The Hall–Kier alpha value is -3.20. The van der Waals surface area contributed by atoms with Crippen LogP contribution in [0.25, 0.3) is 17.0 Å². The highest BCUT2D eigenvalue weighted by molar-refractivity contribution is 8.18.